The molecule has 0 radical (unpaired) electrons. The summed E-state index contributed by atoms with van der Waals surface area (Å²) in [7, 11) is -2.77. The minimum atomic E-state index is -4.76. The Labute approximate surface area is 213 Å². The van der Waals surface area contributed by atoms with E-state index in [9.17, 15) is 31.2 Å². The van der Waals surface area contributed by atoms with E-state index in [2.05, 4.69) is 5.32 Å². The maximum Gasteiger partial charge on any atom is 0.416 e. The second-order valence-corrected chi connectivity index (χ2v) is 10.2. The Morgan fingerprint density at radius 1 is 1.14 bits per heavy atom. The van der Waals surface area contributed by atoms with E-state index in [1.807, 2.05) is 0 Å². The van der Waals surface area contributed by atoms with Crippen molar-refractivity contribution in [2.75, 3.05) is 30.8 Å². The number of alkyl halides is 3. The number of methoxy groups -OCH3 is 1. The molecule has 2 rings (SSSR count). The van der Waals surface area contributed by atoms with E-state index in [0.29, 0.717) is 34.3 Å². The van der Waals surface area contributed by atoms with Gasteiger partial charge in [0.15, 0.2) is 0 Å². The number of carbonyl (C=O) groups excluding carboxylic acids is 2. The average Bonchev–Trinajstić information content (AvgIpc) is 2.80. The number of nitrogens with zero attached hydrogens (tertiary/aromatic N) is 2. The number of carbonyl (C=O) groups is 2. The lowest BCUT2D eigenvalue weighted by atomic mass is 10.1. The van der Waals surface area contributed by atoms with Crippen molar-refractivity contribution in [1.82, 2.24) is 10.2 Å². The highest BCUT2D eigenvalue weighted by atomic mass is 35.5. The van der Waals surface area contributed by atoms with E-state index in [1.165, 1.54) is 14.0 Å². The van der Waals surface area contributed by atoms with Crippen molar-refractivity contribution in [2.45, 2.75) is 32.6 Å². The largest absolute Gasteiger partial charge is 0.497 e. The van der Waals surface area contributed by atoms with Crippen LogP contribution in [0.2, 0.25) is 5.02 Å². The third kappa shape index (κ3) is 7.50. The molecule has 0 aliphatic rings. The molecule has 198 valence electrons. The molecule has 2 amide bonds. The molecular weight excluding hydrogens is 523 g/mol. The minimum absolute atomic E-state index is 0.0744. The topological polar surface area (TPSA) is 96.0 Å². The summed E-state index contributed by atoms with van der Waals surface area (Å²) in [6, 6.07) is 7.81. The number of amides is 2. The maximum atomic E-state index is 13.4. The quantitative estimate of drug-likeness (QED) is 0.488. The Morgan fingerprint density at radius 2 is 1.75 bits per heavy atom. The van der Waals surface area contributed by atoms with Crippen LogP contribution in [0.3, 0.4) is 0 Å². The number of halogens is 4. The second-order valence-electron chi connectivity index (χ2n) is 7.87. The summed E-state index contributed by atoms with van der Waals surface area (Å²) in [6.07, 6.45) is -4.02. The molecule has 0 aliphatic heterocycles. The van der Waals surface area contributed by atoms with Crippen LogP contribution < -0.4 is 14.4 Å². The molecule has 1 N–H and O–H groups in total. The summed E-state index contributed by atoms with van der Waals surface area (Å²) < 4.78 is 70.6. The van der Waals surface area contributed by atoms with Gasteiger partial charge in [-0.2, -0.15) is 13.2 Å². The summed E-state index contributed by atoms with van der Waals surface area (Å²) in [5.41, 5.74) is -1.02. The average molecular weight is 550 g/mol. The standard InChI is InChI=1S/C23H27ClF3N3O5S/c1-5-28-22(32)15(2)29(13-16-6-9-18(35-3)10-7-16)21(31)14-30(36(4,33)34)20-12-17(23(25,26)27)8-11-19(20)24/h6-12,15H,5,13-14H2,1-4H3,(H,28,32). The minimum Gasteiger partial charge on any atom is -0.497 e. The zero-order valence-corrected chi connectivity index (χ0v) is 21.7. The van der Waals surface area contributed by atoms with Crippen LogP contribution in [0.25, 0.3) is 0 Å². The van der Waals surface area contributed by atoms with Gasteiger partial charge in [-0.15, -0.1) is 0 Å². The molecule has 8 nitrogen and oxygen atoms in total. The van der Waals surface area contributed by atoms with Gasteiger partial charge in [0.1, 0.15) is 18.3 Å². The molecule has 13 heteroatoms. The molecule has 0 saturated carbocycles. The monoisotopic (exact) mass is 549 g/mol. The van der Waals surface area contributed by atoms with Crippen molar-refractivity contribution in [3.63, 3.8) is 0 Å². The number of nitrogens with one attached hydrogen (secondary N) is 1. The highest BCUT2D eigenvalue weighted by Crippen LogP contribution is 2.36. The summed E-state index contributed by atoms with van der Waals surface area (Å²) >= 11 is 6.05. The number of ether oxygens (including phenoxy) is 1. The van der Waals surface area contributed by atoms with Crippen molar-refractivity contribution >= 4 is 39.1 Å². The van der Waals surface area contributed by atoms with Gasteiger partial charge >= 0.3 is 6.18 Å². The molecular formula is C23H27ClF3N3O5S. The zero-order valence-electron chi connectivity index (χ0n) is 20.1. The molecule has 1 atom stereocenters. The third-order valence-corrected chi connectivity index (χ3v) is 6.70. The van der Waals surface area contributed by atoms with Gasteiger partial charge in [0.25, 0.3) is 0 Å². The Kier molecular flexibility index (Phi) is 9.61. The van der Waals surface area contributed by atoms with Gasteiger partial charge in [0, 0.05) is 13.1 Å². The van der Waals surface area contributed by atoms with Crippen LogP contribution in [0, 0.1) is 0 Å². The number of hydrogen-bond donors (Lipinski definition) is 1. The molecule has 0 heterocycles. The SMILES string of the molecule is CCNC(=O)C(C)N(Cc1ccc(OC)cc1)C(=O)CN(c1cc(C(F)(F)F)ccc1Cl)S(C)(=O)=O. The lowest BCUT2D eigenvalue weighted by Gasteiger charge is -2.31. The Morgan fingerprint density at radius 3 is 2.25 bits per heavy atom. The first kappa shape index (κ1) is 29.2. The van der Waals surface area contributed by atoms with Crippen molar-refractivity contribution < 1.29 is 35.9 Å². The van der Waals surface area contributed by atoms with E-state index in [-0.39, 0.29) is 11.6 Å². The van der Waals surface area contributed by atoms with E-state index >= 15 is 0 Å². The molecule has 1 unspecified atom stereocenters. The first-order valence-corrected chi connectivity index (χ1v) is 13.0. The van der Waals surface area contributed by atoms with Crippen LogP contribution in [-0.2, 0) is 32.3 Å². The van der Waals surface area contributed by atoms with Crippen molar-refractivity contribution in [3.05, 3.63) is 58.6 Å². The van der Waals surface area contributed by atoms with Crippen LogP contribution in [-0.4, -0.2) is 57.6 Å². The third-order valence-electron chi connectivity index (χ3n) is 5.25. The van der Waals surface area contributed by atoms with Gasteiger partial charge in [-0.25, -0.2) is 8.42 Å². The number of sulfonamides is 1. The number of likely N-dealkylation sites (N-methyl/N-ethyl adjacent to an activating group) is 1. The van der Waals surface area contributed by atoms with E-state index in [0.717, 1.165) is 17.2 Å². The van der Waals surface area contributed by atoms with Gasteiger partial charge in [-0.3, -0.25) is 13.9 Å². The molecule has 2 aromatic rings. The lowest BCUT2D eigenvalue weighted by molar-refractivity contribution is -0.139. The highest BCUT2D eigenvalue weighted by Gasteiger charge is 2.34. The smallest absolute Gasteiger partial charge is 0.416 e. The van der Waals surface area contributed by atoms with Crippen molar-refractivity contribution in [1.29, 1.82) is 0 Å². The van der Waals surface area contributed by atoms with Gasteiger partial charge in [0.05, 0.1) is 29.6 Å². The number of benzene rings is 2. The van der Waals surface area contributed by atoms with Crippen LogP contribution >= 0.6 is 11.6 Å². The fraction of sp³-hybridized carbons (Fsp3) is 0.391. The number of anilines is 1. The fourth-order valence-electron chi connectivity index (χ4n) is 3.31. The Bertz CT molecular complexity index is 1190. The summed E-state index contributed by atoms with van der Waals surface area (Å²) in [6.45, 7) is 2.51. The molecule has 0 saturated heterocycles. The molecule has 2 aromatic carbocycles. The molecule has 0 fully saturated rings. The summed E-state index contributed by atoms with van der Waals surface area (Å²) in [5.74, 6) is -0.735. The normalized spacial score (nSPS) is 12.6. The predicted octanol–water partition coefficient (Wildman–Crippen LogP) is 3.69. The highest BCUT2D eigenvalue weighted by molar-refractivity contribution is 7.92. The van der Waals surface area contributed by atoms with Crippen molar-refractivity contribution in [3.8, 4) is 5.75 Å². The van der Waals surface area contributed by atoms with Gasteiger partial charge in [-0.1, -0.05) is 23.7 Å². The van der Waals surface area contributed by atoms with E-state index < -0.39 is 51.9 Å². The predicted molar refractivity (Wildman–Crippen MR) is 130 cm³/mol. The van der Waals surface area contributed by atoms with Gasteiger partial charge in [-0.05, 0) is 49.7 Å². The van der Waals surface area contributed by atoms with Gasteiger partial charge in [0.2, 0.25) is 21.8 Å². The van der Waals surface area contributed by atoms with Crippen LogP contribution in [0.15, 0.2) is 42.5 Å². The second kappa shape index (κ2) is 11.8. The van der Waals surface area contributed by atoms with Crippen molar-refractivity contribution in [2.24, 2.45) is 0 Å². The molecule has 36 heavy (non-hydrogen) atoms. The number of rotatable bonds is 10. The van der Waals surface area contributed by atoms with Crippen LogP contribution in [0.5, 0.6) is 5.75 Å². The lowest BCUT2D eigenvalue weighted by Crippen LogP contribution is -2.51. The Hall–Kier alpha value is -2.99. The zero-order chi connectivity index (χ0) is 27.3. The summed E-state index contributed by atoms with van der Waals surface area (Å²) in [4.78, 5) is 27.1. The Balaban J connectivity index is 2.48. The van der Waals surface area contributed by atoms with Crippen LogP contribution in [0.1, 0.15) is 25.0 Å². The summed E-state index contributed by atoms with van der Waals surface area (Å²) in [5, 5.41) is 2.31. The maximum absolute atomic E-state index is 13.4. The van der Waals surface area contributed by atoms with E-state index in [4.69, 9.17) is 16.3 Å². The van der Waals surface area contributed by atoms with E-state index in [1.54, 1.807) is 31.2 Å². The van der Waals surface area contributed by atoms with Crippen LogP contribution in [0.4, 0.5) is 18.9 Å². The fourth-order valence-corrected chi connectivity index (χ4v) is 4.43. The molecule has 0 aliphatic carbocycles. The molecule has 0 aromatic heterocycles. The molecule has 0 spiro atoms. The number of hydrogen-bond acceptors (Lipinski definition) is 5. The first-order chi connectivity index (χ1) is 16.7. The first-order valence-electron chi connectivity index (χ1n) is 10.7. The molecule has 0 bridgehead atoms. The van der Waals surface area contributed by atoms with Gasteiger partial charge < -0.3 is 15.0 Å².